The molecule has 3 nitrogen and oxygen atoms in total. The third-order valence-electron chi connectivity index (χ3n) is 1.50. The van der Waals surface area contributed by atoms with Crippen LogP contribution in [0.5, 0.6) is 0 Å². The summed E-state index contributed by atoms with van der Waals surface area (Å²) in [5.41, 5.74) is -1.18. The molecule has 0 atom stereocenters. The van der Waals surface area contributed by atoms with Crippen molar-refractivity contribution >= 4 is 17.6 Å². The highest BCUT2D eigenvalue weighted by Crippen LogP contribution is 2.27. The van der Waals surface area contributed by atoms with Gasteiger partial charge in [-0.25, -0.2) is 9.78 Å². The summed E-state index contributed by atoms with van der Waals surface area (Å²) in [6.45, 7) is 0.634. The number of rotatable bonds is 2. The predicted molar refractivity (Wildman–Crippen MR) is 45.8 cm³/mol. The molecule has 1 rings (SSSR count). The van der Waals surface area contributed by atoms with E-state index >= 15 is 0 Å². The summed E-state index contributed by atoms with van der Waals surface area (Å²) in [5.74, 6) is -4.60. The lowest BCUT2D eigenvalue weighted by molar-refractivity contribution is 0.0125. The van der Waals surface area contributed by atoms with Gasteiger partial charge in [0.05, 0.1) is 5.02 Å². The second kappa shape index (κ2) is 3.49. The number of nitrogens with zero attached hydrogens (tertiary/aromatic N) is 1. The molecule has 0 aliphatic heterocycles. The minimum absolute atomic E-state index is 0.162. The Balaban J connectivity index is 3.27. The van der Waals surface area contributed by atoms with Crippen LogP contribution in [0.15, 0.2) is 12.1 Å². The Labute approximate surface area is 83.3 Å². The van der Waals surface area contributed by atoms with Gasteiger partial charge in [-0.05, 0) is 12.1 Å². The zero-order chi connectivity index (χ0) is 10.9. The van der Waals surface area contributed by atoms with E-state index in [-0.39, 0.29) is 5.02 Å². The smallest absolute Gasteiger partial charge is 0.356 e. The van der Waals surface area contributed by atoms with E-state index in [0.29, 0.717) is 6.92 Å². The van der Waals surface area contributed by atoms with Gasteiger partial charge in [0.1, 0.15) is 5.69 Å². The molecular formula is C8H6ClF2NO2. The lowest BCUT2D eigenvalue weighted by Gasteiger charge is -2.10. The van der Waals surface area contributed by atoms with E-state index in [0.717, 1.165) is 12.1 Å². The minimum Gasteiger partial charge on any atom is -0.476 e. The van der Waals surface area contributed by atoms with Crippen LogP contribution in [0, 0.1) is 0 Å². The molecule has 0 aliphatic carbocycles. The van der Waals surface area contributed by atoms with E-state index in [1.54, 1.807) is 0 Å². The van der Waals surface area contributed by atoms with Crippen LogP contribution in [0.4, 0.5) is 8.78 Å². The maximum absolute atomic E-state index is 12.7. The number of carboxylic acids is 1. The first-order valence-electron chi connectivity index (χ1n) is 3.60. The van der Waals surface area contributed by atoms with Crippen molar-refractivity contribution in [3.8, 4) is 0 Å². The van der Waals surface area contributed by atoms with Gasteiger partial charge in [0.15, 0.2) is 5.69 Å². The quantitative estimate of drug-likeness (QED) is 0.835. The second-order valence-corrected chi connectivity index (χ2v) is 3.13. The van der Waals surface area contributed by atoms with Crippen molar-refractivity contribution in [2.75, 3.05) is 0 Å². The number of aromatic nitrogens is 1. The fourth-order valence-electron chi connectivity index (χ4n) is 0.837. The molecule has 0 aromatic carbocycles. The molecule has 0 spiro atoms. The molecule has 0 fully saturated rings. The second-order valence-electron chi connectivity index (χ2n) is 2.72. The van der Waals surface area contributed by atoms with Gasteiger partial charge in [0, 0.05) is 6.92 Å². The van der Waals surface area contributed by atoms with E-state index in [2.05, 4.69) is 4.98 Å². The fraction of sp³-hybridized carbons (Fsp3) is 0.250. The van der Waals surface area contributed by atoms with E-state index in [1.807, 2.05) is 0 Å². The zero-order valence-corrected chi connectivity index (χ0v) is 7.85. The molecule has 1 aromatic heterocycles. The summed E-state index contributed by atoms with van der Waals surface area (Å²) >= 11 is 5.45. The molecule has 1 aromatic rings. The van der Waals surface area contributed by atoms with Gasteiger partial charge in [0.25, 0.3) is 5.92 Å². The largest absolute Gasteiger partial charge is 0.476 e. The van der Waals surface area contributed by atoms with Crippen molar-refractivity contribution in [2.45, 2.75) is 12.8 Å². The zero-order valence-electron chi connectivity index (χ0n) is 7.09. The molecule has 1 N–H and O–H groups in total. The molecule has 0 saturated heterocycles. The van der Waals surface area contributed by atoms with Crippen LogP contribution >= 0.6 is 11.6 Å². The van der Waals surface area contributed by atoms with Crippen LogP contribution in [0.3, 0.4) is 0 Å². The van der Waals surface area contributed by atoms with Crippen LogP contribution in [0.1, 0.15) is 23.1 Å². The van der Waals surface area contributed by atoms with Crippen molar-refractivity contribution in [1.29, 1.82) is 0 Å². The molecular weight excluding hydrogens is 216 g/mol. The lowest BCUT2D eigenvalue weighted by atomic mass is 10.2. The minimum atomic E-state index is -3.17. The highest BCUT2D eigenvalue weighted by Gasteiger charge is 2.27. The average molecular weight is 222 g/mol. The van der Waals surface area contributed by atoms with Crippen LogP contribution in [-0.2, 0) is 5.92 Å². The Bertz CT molecular complexity index is 376. The number of hydrogen-bond acceptors (Lipinski definition) is 2. The third-order valence-corrected chi connectivity index (χ3v) is 1.80. The Kier molecular flexibility index (Phi) is 2.71. The van der Waals surface area contributed by atoms with Gasteiger partial charge < -0.3 is 5.11 Å². The van der Waals surface area contributed by atoms with Crippen LogP contribution in [-0.4, -0.2) is 16.1 Å². The molecule has 0 radical (unpaired) electrons. The molecule has 0 amide bonds. The molecule has 0 bridgehead atoms. The number of carboxylic acid groups (broad SMARTS) is 1. The van der Waals surface area contributed by atoms with Crippen LogP contribution in [0.2, 0.25) is 5.02 Å². The van der Waals surface area contributed by atoms with Crippen molar-refractivity contribution < 1.29 is 18.7 Å². The predicted octanol–water partition coefficient (Wildman–Crippen LogP) is 2.54. The molecule has 6 heteroatoms. The number of aromatic carboxylic acids is 1. The van der Waals surface area contributed by atoms with Gasteiger partial charge in [0.2, 0.25) is 0 Å². The first-order valence-corrected chi connectivity index (χ1v) is 3.98. The summed E-state index contributed by atoms with van der Waals surface area (Å²) in [6.07, 6.45) is 0. The summed E-state index contributed by atoms with van der Waals surface area (Å²) in [5, 5.41) is 8.40. The van der Waals surface area contributed by atoms with E-state index in [9.17, 15) is 13.6 Å². The van der Waals surface area contributed by atoms with Crippen LogP contribution < -0.4 is 0 Å². The maximum Gasteiger partial charge on any atom is 0.356 e. The van der Waals surface area contributed by atoms with Gasteiger partial charge in [-0.3, -0.25) is 0 Å². The average Bonchev–Trinajstić information content (AvgIpc) is 2.02. The first kappa shape index (κ1) is 10.8. The van der Waals surface area contributed by atoms with Gasteiger partial charge in [-0.2, -0.15) is 8.78 Å². The topological polar surface area (TPSA) is 50.2 Å². The Morgan fingerprint density at radius 2 is 2.14 bits per heavy atom. The van der Waals surface area contributed by atoms with Gasteiger partial charge in [-0.1, -0.05) is 11.6 Å². The molecule has 1 heterocycles. The standard InChI is InChI=1S/C8H6ClF2NO2/c1-8(10,11)5-3-2-4(9)6(12-5)7(13)14/h2-3H,1H3,(H,13,14). The normalized spacial score (nSPS) is 11.4. The fourth-order valence-corrected chi connectivity index (χ4v) is 1.02. The molecule has 0 unspecified atom stereocenters. The van der Waals surface area contributed by atoms with E-state index in [4.69, 9.17) is 16.7 Å². The lowest BCUT2D eigenvalue weighted by Crippen LogP contribution is -2.13. The molecule has 0 saturated carbocycles. The molecule has 14 heavy (non-hydrogen) atoms. The van der Waals surface area contributed by atoms with Crippen molar-refractivity contribution in [3.63, 3.8) is 0 Å². The summed E-state index contributed by atoms with van der Waals surface area (Å²) in [7, 11) is 0. The number of halogens is 3. The Morgan fingerprint density at radius 3 is 2.57 bits per heavy atom. The SMILES string of the molecule is CC(F)(F)c1ccc(Cl)c(C(=O)O)n1. The van der Waals surface area contributed by atoms with Gasteiger partial charge in [-0.15, -0.1) is 0 Å². The maximum atomic E-state index is 12.7. The number of hydrogen-bond donors (Lipinski definition) is 1. The van der Waals surface area contributed by atoms with Gasteiger partial charge >= 0.3 is 5.97 Å². The summed E-state index contributed by atoms with van der Waals surface area (Å²) < 4.78 is 25.5. The number of pyridine rings is 1. The Hall–Kier alpha value is -1.23. The third kappa shape index (κ3) is 2.17. The highest BCUT2D eigenvalue weighted by molar-refractivity contribution is 6.33. The summed E-state index contributed by atoms with van der Waals surface area (Å²) in [4.78, 5) is 13.8. The molecule has 76 valence electrons. The monoisotopic (exact) mass is 221 g/mol. The van der Waals surface area contributed by atoms with E-state index < -0.39 is 23.3 Å². The molecule has 0 aliphatic rings. The highest BCUT2D eigenvalue weighted by atomic mass is 35.5. The first-order chi connectivity index (χ1) is 6.32. The van der Waals surface area contributed by atoms with E-state index in [1.165, 1.54) is 0 Å². The van der Waals surface area contributed by atoms with Crippen molar-refractivity contribution in [3.05, 3.63) is 28.5 Å². The number of carbonyl (C=O) groups is 1. The van der Waals surface area contributed by atoms with Crippen molar-refractivity contribution in [1.82, 2.24) is 4.98 Å². The Morgan fingerprint density at radius 1 is 1.57 bits per heavy atom. The number of alkyl halides is 2. The van der Waals surface area contributed by atoms with Crippen LogP contribution in [0.25, 0.3) is 0 Å². The van der Waals surface area contributed by atoms with Crippen molar-refractivity contribution in [2.24, 2.45) is 0 Å². The summed E-state index contributed by atoms with van der Waals surface area (Å²) in [6, 6.07) is 2.08.